The van der Waals surface area contributed by atoms with E-state index in [1.165, 1.54) is 11.1 Å². The molecule has 1 aliphatic rings. The number of thiol groups is 1. The van der Waals surface area contributed by atoms with E-state index in [1.807, 2.05) is 0 Å². The summed E-state index contributed by atoms with van der Waals surface area (Å²) in [5, 5.41) is 8.92. The first-order chi connectivity index (χ1) is 7.99. The van der Waals surface area contributed by atoms with E-state index in [2.05, 4.69) is 38.5 Å². The van der Waals surface area contributed by atoms with Crippen LogP contribution in [0.2, 0.25) is 0 Å². The maximum atomic E-state index is 11.6. The van der Waals surface area contributed by atoms with Crippen LogP contribution in [-0.4, -0.2) is 38.7 Å². The molecule has 1 amide bonds. The third-order valence-electron chi connectivity index (χ3n) is 2.29. The predicted octanol–water partition coefficient (Wildman–Crippen LogP) is 0.972. The second-order valence-electron chi connectivity index (χ2n) is 3.53. The zero-order chi connectivity index (χ0) is 12.6. The van der Waals surface area contributed by atoms with Crippen LogP contribution in [-0.2, 0) is 4.79 Å². The average molecular weight is 318 g/mol. The zero-order valence-electron chi connectivity index (χ0n) is 8.50. The summed E-state index contributed by atoms with van der Waals surface area (Å²) >= 11 is 7.24. The first kappa shape index (κ1) is 12.3. The van der Waals surface area contributed by atoms with Crippen molar-refractivity contribution in [3.8, 4) is 0 Å². The van der Waals surface area contributed by atoms with Gasteiger partial charge in [-0.05, 0) is 15.9 Å². The van der Waals surface area contributed by atoms with Crippen LogP contribution in [0.4, 0.5) is 5.82 Å². The van der Waals surface area contributed by atoms with E-state index in [1.54, 1.807) is 0 Å². The highest BCUT2D eigenvalue weighted by atomic mass is 79.9. The van der Waals surface area contributed by atoms with Crippen LogP contribution in [0.5, 0.6) is 0 Å². The number of rotatable bonds is 2. The van der Waals surface area contributed by atoms with Gasteiger partial charge in [0.15, 0.2) is 11.5 Å². The van der Waals surface area contributed by atoms with Gasteiger partial charge in [-0.3, -0.25) is 9.69 Å². The Bertz CT molecular complexity index is 496. The molecular weight excluding hydrogens is 310 g/mol. The number of hydrogen-bond donors (Lipinski definition) is 2. The van der Waals surface area contributed by atoms with Crippen LogP contribution in [0.3, 0.4) is 0 Å². The van der Waals surface area contributed by atoms with E-state index in [-0.39, 0.29) is 29.1 Å². The number of nitrogens with zero attached hydrogens (tertiary/aromatic N) is 3. The molecule has 1 aromatic heterocycles. The normalized spacial score (nSPS) is 19.8. The van der Waals surface area contributed by atoms with Gasteiger partial charge in [-0.1, -0.05) is 0 Å². The number of carbonyl (C=O) groups excluding carboxylic acids is 1. The lowest BCUT2D eigenvalue weighted by Gasteiger charge is -2.16. The van der Waals surface area contributed by atoms with Crippen LogP contribution in [0.25, 0.3) is 0 Å². The van der Waals surface area contributed by atoms with E-state index in [4.69, 9.17) is 5.11 Å². The molecule has 0 radical (unpaired) electrons. The molecule has 1 aromatic rings. The van der Waals surface area contributed by atoms with Crippen molar-refractivity contribution in [2.45, 2.75) is 11.7 Å². The van der Waals surface area contributed by atoms with E-state index in [0.29, 0.717) is 11.1 Å². The fraction of sp³-hybridized carbons (Fsp3) is 0.333. The minimum absolute atomic E-state index is 0.0715. The quantitative estimate of drug-likeness (QED) is 0.794. The SMILES string of the molecule is O=C(O)c1nc(Br)cnc1N1CC(S)CC1=O. The number of aromatic carboxylic acids is 1. The third kappa shape index (κ3) is 2.42. The summed E-state index contributed by atoms with van der Waals surface area (Å²) in [6.45, 7) is 0.346. The number of amides is 1. The summed E-state index contributed by atoms with van der Waals surface area (Å²) in [6.07, 6.45) is 1.64. The molecule has 1 atom stereocenters. The lowest BCUT2D eigenvalue weighted by atomic mass is 10.3. The number of aromatic nitrogens is 2. The highest BCUT2D eigenvalue weighted by Crippen LogP contribution is 2.25. The first-order valence-corrected chi connectivity index (χ1v) is 6.04. The van der Waals surface area contributed by atoms with Crippen molar-refractivity contribution in [1.82, 2.24) is 9.97 Å². The van der Waals surface area contributed by atoms with Crippen molar-refractivity contribution >= 4 is 46.3 Å². The summed E-state index contributed by atoms with van der Waals surface area (Å²) in [5.74, 6) is -1.34. The molecular formula is C9H8BrN3O3S. The van der Waals surface area contributed by atoms with E-state index >= 15 is 0 Å². The number of carboxylic acid groups (broad SMARTS) is 1. The molecule has 0 aliphatic carbocycles. The molecule has 17 heavy (non-hydrogen) atoms. The molecule has 2 rings (SSSR count). The molecule has 1 N–H and O–H groups in total. The predicted molar refractivity (Wildman–Crippen MR) is 66.4 cm³/mol. The topological polar surface area (TPSA) is 83.4 Å². The van der Waals surface area contributed by atoms with Crippen molar-refractivity contribution in [3.05, 3.63) is 16.5 Å². The van der Waals surface area contributed by atoms with Crippen molar-refractivity contribution in [2.75, 3.05) is 11.4 Å². The number of carbonyl (C=O) groups is 2. The second kappa shape index (κ2) is 4.61. The highest BCUT2D eigenvalue weighted by molar-refractivity contribution is 9.10. The van der Waals surface area contributed by atoms with Gasteiger partial charge in [0.2, 0.25) is 5.91 Å². The molecule has 0 bridgehead atoms. The summed E-state index contributed by atoms with van der Waals surface area (Å²) in [4.78, 5) is 31.8. The second-order valence-corrected chi connectivity index (χ2v) is 5.08. The van der Waals surface area contributed by atoms with Gasteiger partial charge < -0.3 is 5.11 Å². The Kier molecular flexibility index (Phi) is 3.34. The minimum atomic E-state index is -1.22. The van der Waals surface area contributed by atoms with Gasteiger partial charge in [0.05, 0.1) is 6.20 Å². The molecule has 90 valence electrons. The largest absolute Gasteiger partial charge is 0.476 e. The monoisotopic (exact) mass is 317 g/mol. The maximum Gasteiger partial charge on any atom is 0.358 e. The molecule has 0 saturated carbocycles. The Balaban J connectivity index is 2.45. The highest BCUT2D eigenvalue weighted by Gasteiger charge is 2.32. The summed E-state index contributed by atoms with van der Waals surface area (Å²) in [7, 11) is 0. The van der Waals surface area contributed by atoms with Gasteiger partial charge in [-0.2, -0.15) is 12.6 Å². The van der Waals surface area contributed by atoms with Gasteiger partial charge in [0.25, 0.3) is 0 Å². The summed E-state index contributed by atoms with van der Waals surface area (Å²) in [5.41, 5.74) is -0.241. The van der Waals surface area contributed by atoms with Gasteiger partial charge in [-0.25, -0.2) is 14.8 Å². The smallest absolute Gasteiger partial charge is 0.358 e. The summed E-state index contributed by atoms with van der Waals surface area (Å²) < 4.78 is 0.313. The van der Waals surface area contributed by atoms with E-state index in [9.17, 15) is 9.59 Å². The number of anilines is 1. The lowest BCUT2D eigenvalue weighted by molar-refractivity contribution is -0.117. The van der Waals surface area contributed by atoms with Crippen LogP contribution in [0.1, 0.15) is 16.9 Å². The number of halogens is 1. The average Bonchev–Trinajstić information content (AvgIpc) is 2.57. The molecule has 1 saturated heterocycles. The zero-order valence-corrected chi connectivity index (χ0v) is 11.0. The van der Waals surface area contributed by atoms with Crippen molar-refractivity contribution < 1.29 is 14.7 Å². The van der Waals surface area contributed by atoms with E-state index in [0.717, 1.165) is 0 Å². The van der Waals surface area contributed by atoms with Crippen LogP contribution >= 0.6 is 28.6 Å². The van der Waals surface area contributed by atoms with Crippen LogP contribution in [0.15, 0.2) is 10.8 Å². The van der Waals surface area contributed by atoms with Crippen LogP contribution < -0.4 is 4.90 Å². The van der Waals surface area contributed by atoms with Crippen molar-refractivity contribution in [2.24, 2.45) is 0 Å². The maximum absolute atomic E-state index is 11.6. The molecule has 0 aromatic carbocycles. The molecule has 2 heterocycles. The summed E-state index contributed by atoms with van der Waals surface area (Å²) in [6, 6.07) is 0. The first-order valence-electron chi connectivity index (χ1n) is 4.73. The number of hydrogen-bond acceptors (Lipinski definition) is 5. The Morgan fingerprint density at radius 3 is 2.88 bits per heavy atom. The van der Waals surface area contributed by atoms with Gasteiger partial charge in [0.1, 0.15) is 4.60 Å². The third-order valence-corrected chi connectivity index (χ3v) is 3.01. The molecule has 0 spiro atoms. The standard InChI is InChI=1S/C9H8BrN3O3S/c10-5-2-11-8(7(12-5)9(15)16)13-3-4(17)1-6(13)14/h2,4,17H,1,3H2,(H,15,16). The molecule has 1 fully saturated rings. The molecule has 1 aliphatic heterocycles. The van der Waals surface area contributed by atoms with Crippen molar-refractivity contribution in [3.63, 3.8) is 0 Å². The van der Waals surface area contributed by atoms with Crippen molar-refractivity contribution in [1.29, 1.82) is 0 Å². The van der Waals surface area contributed by atoms with Gasteiger partial charge in [-0.15, -0.1) is 0 Å². The fourth-order valence-corrected chi connectivity index (χ4v) is 2.19. The lowest BCUT2D eigenvalue weighted by Crippen LogP contribution is -2.28. The Morgan fingerprint density at radius 2 is 2.35 bits per heavy atom. The fourth-order valence-electron chi connectivity index (χ4n) is 1.60. The van der Waals surface area contributed by atoms with Gasteiger partial charge >= 0.3 is 5.97 Å². The Labute approximate surface area is 111 Å². The Morgan fingerprint density at radius 1 is 1.65 bits per heavy atom. The molecule has 1 unspecified atom stereocenters. The Hall–Kier alpha value is -1.15. The van der Waals surface area contributed by atoms with E-state index < -0.39 is 5.97 Å². The van der Waals surface area contributed by atoms with Gasteiger partial charge in [0, 0.05) is 18.2 Å². The minimum Gasteiger partial charge on any atom is -0.476 e. The molecule has 8 heteroatoms. The number of carboxylic acids is 1. The molecule has 6 nitrogen and oxygen atoms in total. The van der Waals surface area contributed by atoms with Crippen LogP contribution in [0, 0.1) is 0 Å².